The van der Waals surface area contributed by atoms with Crippen LogP contribution < -0.4 is 0 Å². The molecule has 0 fully saturated rings. The second-order valence-corrected chi connectivity index (χ2v) is 6.90. The van der Waals surface area contributed by atoms with Crippen molar-refractivity contribution in [3.63, 3.8) is 0 Å². The summed E-state index contributed by atoms with van der Waals surface area (Å²) in [6.45, 7) is 3.20. The number of hydrogen-bond acceptors (Lipinski definition) is 2. The van der Waals surface area contributed by atoms with Crippen molar-refractivity contribution in [3.8, 4) is 0 Å². The van der Waals surface area contributed by atoms with Gasteiger partial charge < -0.3 is 4.52 Å². The molecule has 1 unspecified atom stereocenters. The van der Waals surface area contributed by atoms with Crippen molar-refractivity contribution in [2.45, 2.75) is 26.9 Å². The van der Waals surface area contributed by atoms with Crippen molar-refractivity contribution < 1.29 is 9.09 Å². The summed E-state index contributed by atoms with van der Waals surface area (Å²) in [5.74, 6) is 0. The lowest BCUT2D eigenvalue weighted by Gasteiger charge is -2.12. The monoisotopic (exact) mass is 246 g/mol. The lowest BCUT2D eigenvalue weighted by molar-refractivity contribution is 0.344. The van der Waals surface area contributed by atoms with Crippen LogP contribution in [0.25, 0.3) is 0 Å². The van der Waals surface area contributed by atoms with Gasteiger partial charge in [-0.25, -0.2) is 0 Å². The van der Waals surface area contributed by atoms with E-state index in [1.807, 2.05) is 26.0 Å². The molecule has 15 heavy (non-hydrogen) atoms. The summed E-state index contributed by atoms with van der Waals surface area (Å²) in [6, 6.07) is 6.00. The summed E-state index contributed by atoms with van der Waals surface area (Å²) < 4.78 is 16.8. The van der Waals surface area contributed by atoms with E-state index in [1.54, 1.807) is 6.92 Å². The van der Waals surface area contributed by atoms with Crippen LogP contribution in [-0.2, 0) is 15.3 Å². The number of benzene rings is 1. The van der Waals surface area contributed by atoms with Gasteiger partial charge in [0.05, 0.1) is 12.8 Å². The van der Waals surface area contributed by atoms with Crippen molar-refractivity contribution in [2.24, 2.45) is 0 Å². The summed E-state index contributed by atoms with van der Waals surface area (Å²) in [4.78, 5) is 0. The number of rotatable bonds is 4. The summed E-state index contributed by atoms with van der Waals surface area (Å²) in [5, 5.41) is 0. The van der Waals surface area contributed by atoms with Crippen molar-refractivity contribution in [3.05, 3.63) is 34.9 Å². The van der Waals surface area contributed by atoms with Crippen LogP contribution in [0.5, 0.6) is 0 Å². The Hall–Kier alpha value is -0.300. The Bertz CT molecular complexity index is 390. The molecule has 2 nitrogen and oxygen atoms in total. The maximum Gasteiger partial charge on any atom is 0.294 e. The third-order valence-electron chi connectivity index (χ3n) is 2.18. The molecule has 0 aliphatic heterocycles. The van der Waals surface area contributed by atoms with Gasteiger partial charge in [0.25, 0.3) is 6.72 Å². The largest absolute Gasteiger partial charge is 0.318 e. The molecule has 0 radical (unpaired) electrons. The molecular formula is C11H16ClO2P. The van der Waals surface area contributed by atoms with E-state index in [0.29, 0.717) is 12.8 Å². The van der Waals surface area contributed by atoms with Crippen LogP contribution in [0.2, 0.25) is 0 Å². The van der Waals surface area contributed by atoms with Gasteiger partial charge in [0, 0.05) is 0 Å². The number of halogens is 1. The van der Waals surface area contributed by atoms with E-state index >= 15 is 0 Å². The van der Waals surface area contributed by atoms with Gasteiger partial charge in [-0.3, -0.25) is 4.57 Å². The van der Waals surface area contributed by atoms with Crippen molar-refractivity contribution >= 4 is 18.0 Å². The predicted octanol–water partition coefficient (Wildman–Crippen LogP) is 4.27. The molecule has 0 amide bonds. The molecule has 0 bridgehead atoms. The average Bonchev–Trinajstić information content (AvgIpc) is 2.09. The van der Waals surface area contributed by atoms with Crippen molar-refractivity contribution in [1.82, 2.24) is 0 Å². The van der Waals surface area contributed by atoms with E-state index in [0.717, 1.165) is 11.1 Å². The minimum atomic E-state index is -2.98. The van der Waals surface area contributed by atoms with Gasteiger partial charge in [0.2, 0.25) is 0 Å². The molecule has 4 heteroatoms. The van der Waals surface area contributed by atoms with Gasteiger partial charge in [-0.2, -0.15) is 0 Å². The van der Waals surface area contributed by atoms with Crippen LogP contribution in [0.3, 0.4) is 0 Å². The lowest BCUT2D eigenvalue weighted by atomic mass is 10.1. The van der Waals surface area contributed by atoms with E-state index in [9.17, 15) is 4.57 Å². The molecule has 0 aliphatic rings. The Kier molecular flexibility index (Phi) is 4.39. The fourth-order valence-electron chi connectivity index (χ4n) is 1.47. The van der Waals surface area contributed by atoms with Gasteiger partial charge in [-0.05, 0) is 43.1 Å². The van der Waals surface area contributed by atoms with Crippen LogP contribution in [0.1, 0.15) is 23.6 Å². The highest BCUT2D eigenvalue weighted by molar-refractivity contribution is 7.84. The zero-order valence-corrected chi connectivity index (χ0v) is 10.9. The van der Waals surface area contributed by atoms with Crippen LogP contribution in [-0.4, -0.2) is 6.61 Å². The van der Waals surface area contributed by atoms with Gasteiger partial charge in [-0.1, -0.05) is 23.8 Å². The molecule has 0 aliphatic carbocycles. The van der Waals surface area contributed by atoms with Gasteiger partial charge in [0.15, 0.2) is 0 Å². The minimum absolute atomic E-state index is 0.300. The van der Waals surface area contributed by atoms with Gasteiger partial charge in [-0.15, -0.1) is 0 Å². The number of hydrogen-bond donors (Lipinski definition) is 0. The Morgan fingerprint density at radius 1 is 1.40 bits per heavy atom. The molecule has 84 valence electrons. The van der Waals surface area contributed by atoms with E-state index in [1.165, 1.54) is 5.56 Å². The maximum absolute atomic E-state index is 11.8. The Morgan fingerprint density at radius 3 is 2.60 bits per heavy atom. The second kappa shape index (κ2) is 5.16. The van der Waals surface area contributed by atoms with Crippen LogP contribution in [0, 0.1) is 13.8 Å². The molecular weight excluding hydrogens is 231 g/mol. The fourth-order valence-corrected chi connectivity index (χ4v) is 3.38. The van der Waals surface area contributed by atoms with Crippen LogP contribution in [0.4, 0.5) is 0 Å². The van der Waals surface area contributed by atoms with Crippen LogP contribution >= 0.6 is 18.0 Å². The van der Waals surface area contributed by atoms with Crippen molar-refractivity contribution in [2.75, 3.05) is 6.61 Å². The second-order valence-electron chi connectivity index (χ2n) is 3.60. The normalized spacial score (nSPS) is 14.9. The molecule has 1 aromatic rings. The topological polar surface area (TPSA) is 26.3 Å². The molecule has 0 heterocycles. The van der Waals surface area contributed by atoms with E-state index in [-0.39, 0.29) is 0 Å². The Morgan fingerprint density at radius 2 is 2.07 bits per heavy atom. The molecule has 1 rings (SSSR count). The molecule has 1 atom stereocenters. The third-order valence-corrected chi connectivity index (χ3v) is 4.19. The zero-order chi connectivity index (χ0) is 11.5. The number of aryl methyl sites for hydroxylation is 2. The molecule has 0 saturated carbocycles. The minimum Gasteiger partial charge on any atom is -0.318 e. The highest BCUT2D eigenvalue weighted by Crippen LogP contribution is 2.55. The quantitative estimate of drug-likeness (QED) is 0.742. The fraction of sp³-hybridized carbons (Fsp3) is 0.455. The maximum atomic E-state index is 11.8. The summed E-state index contributed by atoms with van der Waals surface area (Å²) >= 11 is 5.82. The molecule has 1 aromatic carbocycles. The smallest absolute Gasteiger partial charge is 0.294 e. The van der Waals surface area contributed by atoms with Crippen molar-refractivity contribution in [1.29, 1.82) is 0 Å². The predicted molar refractivity (Wildman–Crippen MR) is 64.7 cm³/mol. The first-order valence-corrected chi connectivity index (χ1v) is 7.65. The molecule has 0 aromatic heterocycles. The lowest BCUT2D eigenvalue weighted by Crippen LogP contribution is -1.92. The first kappa shape index (κ1) is 12.8. The van der Waals surface area contributed by atoms with Crippen LogP contribution in [0.15, 0.2) is 18.2 Å². The first-order chi connectivity index (χ1) is 6.94. The Balaban J connectivity index is 2.85. The summed E-state index contributed by atoms with van der Waals surface area (Å²) in [6.07, 6.45) is 0.300. The third kappa shape index (κ3) is 3.98. The van der Waals surface area contributed by atoms with E-state index < -0.39 is 6.72 Å². The molecule has 0 saturated heterocycles. The van der Waals surface area contributed by atoms with E-state index in [4.69, 9.17) is 15.8 Å². The van der Waals surface area contributed by atoms with Gasteiger partial charge in [0.1, 0.15) is 0 Å². The summed E-state index contributed by atoms with van der Waals surface area (Å²) in [5.41, 5.74) is 3.29. The molecule has 0 spiro atoms. The Labute approximate surface area is 95.8 Å². The van der Waals surface area contributed by atoms with Gasteiger partial charge >= 0.3 is 0 Å². The molecule has 0 N–H and O–H groups in total. The zero-order valence-electron chi connectivity index (χ0n) is 9.29. The standard InChI is InChI=1S/C11H16ClO2P/c1-4-14-15(12,13)8-11-6-5-9(2)7-10(11)3/h5-7H,4,8H2,1-3H3. The van der Waals surface area contributed by atoms with E-state index in [2.05, 4.69) is 6.07 Å². The highest BCUT2D eigenvalue weighted by Gasteiger charge is 2.20. The highest BCUT2D eigenvalue weighted by atomic mass is 35.7. The average molecular weight is 247 g/mol. The first-order valence-electron chi connectivity index (χ1n) is 4.94. The summed E-state index contributed by atoms with van der Waals surface area (Å²) in [7, 11) is 0. The SMILES string of the molecule is CCOP(=O)(Cl)Cc1ccc(C)cc1C.